The lowest BCUT2D eigenvalue weighted by atomic mass is 9.94. The number of ether oxygens (including phenoxy) is 9. The Labute approximate surface area is 502 Å². The molecular weight excluding hydrogens is 1440 g/mol. The van der Waals surface area contributed by atoms with E-state index in [0.717, 1.165) is 4.72 Å². The Balaban J connectivity index is 1.59. The van der Waals surface area contributed by atoms with Crippen LogP contribution in [0.15, 0.2) is 0 Å². The average Bonchev–Trinajstić information content (AvgIpc) is 0.774. The SMILES string of the molecule is O=C(O)[C@H]1O[C@@H](O[C@H]2[C@H](OS(=O)(=O)O)[C@@H](NS(=O)(=O)O)C(O[C@H]3[C@H](O)[C@@H](OS(=O)(=O)O)[C@H](O[C@H]4C(O)[C@@H](NS(=O)(=O)O)C(O)O[C@@H]4COS(=O)(=O)O)O[C@H]3C(=O)O)O[C@@H]2COS(=O)(=O)O)[C@H](O)C(O)[C@@H]1OC1O[C@H](COS(=O)(=O)O)[C@@H](O)[C@H](O)[C@H]1NS(=O)(=O)O. The monoisotopic (exact) mass is 1490 g/mol. The summed E-state index contributed by atoms with van der Waals surface area (Å²) in [6.45, 7) is -5.16. The van der Waals surface area contributed by atoms with Crippen molar-refractivity contribution in [3.8, 4) is 0 Å². The summed E-state index contributed by atoms with van der Waals surface area (Å²) >= 11 is 0. The fourth-order valence-corrected chi connectivity index (χ4v) is 12.5. The summed E-state index contributed by atoms with van der Waals surface area (Å²) < 4.78 is 339. The fraction of sp³-hybridized carbons (Fsp3) is 0.933. The normalized spacial score (nSPS) is 38.9. The Morgan fingerprint density at radius 2 is 0.700 bits per heavy atom. The van der Waals surface area contributed by atoms with Crippen LogP contribution in [0.1, 0.15) is 0 Å². The number of carboxylic acid groups (broad SMARTS) is 2. The van der Waals surface area contributed by atoms with Gasteiger partial charge < -0.3 is 88.6 Å². The number of carboxylic acids is 2. The molecule has 5 rings (SSSR count). The van der Waals surface area contributed by atoms with Crippen LogP contribution in [0.5, 0.6) is 0 Å². The predicted octanol–water partition coefficient (Wildman–Crippen LogP) is -14.4. The number of aliphatic hydroxyl groups is 7. The summed E-state index contributed by atoms with van der Waals surface area (Å²) in [6, 6.07) is -8.42. The molecule has 0 aromatic rings. The van der Waals surface area contributed by atoms with Gasteiger partial charge in [0.25, 0.3) is 0 Å². The third kappa shape index (κ3) is 22.4. The first-order valence-corrected chi connectivity index (χ1v) is 34.3. The lowest BCUT2D eigenvalue weighted by Gasteiger charge is -2.50. The minimum Gasteiger partial charge on any atom is -0.479 e. The summed E-state index contributed by atoms with van der Waals surface area (Å²) in [6.07, 6.45) is -64.7. The third-order valence-electron chi connectivity index (χ3n) is 12.2. The van der Waals surface area contributed by atoms with Crippen molar-refractivity contribution >= 4 is 94.8 Å². The minimum atomic E-state index is -6.36. The van der Waals surface area contributed by atoms with Gasteiger partial charge in [-0.05, 0) is 0 Å². The van der Waals surface area contributed by atoms with Crippen molar-refractivity contribution in [2.75, 3.05) is 19.8 Å². The molecule has 0 amide bonds. The number of hydrogen-bond acceptors (Lipinski definition) is 39. The zero-order chi connectivity index (χ0) is 68.7. The molecule has 52 nitrogen and oxygen atoms in total. The van der Waals surface area contributed by atoms with Crippen LogP contribution in [0.3, 0.4) is 0 Å². The number of nitrogens with one attached hydrogen (secondary N) is 3. The van der Waals surface area contributed by atoms with Crippen molar-refractivity contribution in [1.82, 2.24) is 14.2 Å². The Bertz CT molecular complexity index is 3470. The minimum absolute atomic E-state index is 1.09. The zero-order valence-corrected chi connectivity index (χ0v) is 49.5. The number of carbonyl (C=O) groups is 2. The molecule has 0 aromatic heterocycles. The van der Waals surface area contributed by atoms with Gasteiger partial charge in [0.05, 0.1) is 19.8 Å². The van der Waals surface area contributed by atoms with E-state index in [0.29, 0.717) is 0 Å². The molecule has 0 bridgehead atoms. The lowest BCUT2D eigenvalue weighted by molar-refractivity contribution is -0.372. The van der Waals surface area contributed by atoms with E-state index in [-0.39, 0.29) is 0 Å². The number of aliphatic carboxylic acids is 2. The van der Waals surface area contributed by atoms with Gasteiger partial charge in [0, 0.05) is 0 Å². The van der Waals surface area contributed by atoms with Crippen LogP contribution in [-0.4, -0.2) is 335 Å². The van der Waals surface area contributed by atoms with Crippen LogP contribution in [0, 0.1) is 0 Å². The van der Waals surface area contributed by atoms with Gasteiger partial charge in [0.1, 0.15) is 104 Å². The highest BCUT2D eigenvalue weighted by molar-refractivity contribution is 7.84. The molecule has 60 heteroatoms. The predicted molar refractivity (Wildman–Crippen MR) is 257 cm³/mol. The van der Waals surface area contributed by atoms with Gasteiger partial charge in [-0.3, -0.25) is 36.4 Å². The zero-order valence-electron chi connectivity index (χ0n) is 43.0. The largest absolute Gasteiger partial charge is 0.479 e. The summed E-state index contributed by atoms with van der Waals surface area (Å²) in [4.78, 5) is 25.7. The summed E-state index contributed by atoms with van der Waals surface area (Å²) in [5.41, 5.74) is 0. The van der Waals surface area contributed by atoms with Gasteiger partial charge in [0.15, 0.2) is 49.8 Å². The molecule has 5 aliphatic heterocycles. The molecule has 90 heavy (non-hydrogen) atoms. The Hall–Kier alpha value is -2.74. The highest BCUT2D eigenvalue weighted by Crippen LogP contribution is 2.38. The molecule has 5 heterocycles. The third-order valence-corrected chi connectivity index (χ3v) is 16.2. The highest BCUT2D eigenvalue weighted by atomic mass is 32.3. The van der Waals surface area contributed by atoms with Crippen LogP contribution < -0.4 is 14.2 Å². The number of rotatable bonds is 29. The topological polar surface area (TPSA) is 816 Å². The maximum absolute atomic E-state index is 12.9. The van der Waals surface area contributed by atoms with E-state index in [4.69, 9.17) is 51.7 Å². The first-order valence-electron chi connectivity index (χ1n) is 23.2. The lowest BCUT2D eigenvalue weighted by Crippen LogP contribution is -2.71. The smallest absolute Gasteiger partial charge is 0.397 e. The van der Waals surface area contributed by atoms with Gasteiger partial charge in [-0.1, -0.05) is 0 Å². The molecule has 25 atom stereocenters. The first-order chi connectivity index (χ1) is 40.6. The van der Waals surface area contributed by atoms with Gasteiger partial charge in [-0.25, -0.2) is 30.5 Å². The van der Waals surface area contributed by atoms with Crippen molar-refractivity contribution in [2.24, 2.45) is 0 Å². The van der Waals surface area contributed by atoms with Gasteiger partial charge >= 0.3 is 94.8 Å². The molecule has 20 N–H and O–H groups in total. The summed E-state index contributed by atoms with van der Waals surface area (Å²) in [7, 11) is -46.7. The van der Waals surface area contributed by atoms with Crippen LogP contribution in [0.25, 0.3) is 0 Å². The molecule has 5 saturated heterocycles. The molecule has 5 fully saturated rings. The van der Waals surface area contributed by atoms with E-state index in [1.165, 1.54) is 9.44 Å². The molecule has 5 aliphatic rings. The Kier molecular flexibility index (Phi) is 25.4. The molecule has 0 saturated carbocycles. The molecule has 0 radical (unpaired) electrons. The van der Waals surface area contributed by atoms with Crippen LogP contribution in [0.2, 0.25) is 0 Å². The second-order valence-corrected chi connectivity index (χ2v) is 27.4. The van der Waals surface area contributed by atoms with Crippen molar-refractivity contribution in [3.63, 3.8) is 0 Å². The van der Waals surface area contributed by atoms with E-state index in [1.54, 1.807) is 0 Å². The standard InChI is InChI=1S/C30H51N3O49S8/c34-10-4(1-69-86(54,55)56)73-27(8(11(10)35)32-84(48,49)50)77-19-13(37)14(38)29(79-22(19)24(40)41)76-17-6(3-71-88(60,61)62)74-28(9(33-85(51,52)53)18(17)81-89(63,64)65)78-20-15(39)21(82-90(66,67)68)30(80-23(20)25(42)43)75-16-5(2-70-87(57,58)59)72-26(44)7(12(16)36)31-83(45,46)47/h4-23,26-39,44H,1-3H2,(H,40,41)(H,42,43)(H,45,46,47)(H,48,49,50)(H,51,52,53)(H,54,55,56)(H,57,58,59)(H,60,61,62)(H,63,64,65)(H,66,67,68)/t4-,5-,6-,7-,8-,9-,10-,11-,12?,13?,14-,15+,16-,17-,18-,19+,20+,21-,22+,23-,26?,27?,28?,29-,30-/m1/s1. The maximum Gasteiger partial charge on any atom is 0.397 e. The van der Waals surface area contributed by atoms with E-state index >= 15 is 0 Å². The second kappa shape index (κ2) is 29.3. The van der Waals surface area contributed by atoms with Crippen molar-refractivity contribution in [3.05, 3.63) is 0 Å². The molecule has 0 spiro atoms. The average molecular weight is 1490 g/mol. The molecule has 5 unspecified atom stereocenters. The summed E-state index contributed by atoms with van der Waals surface area (Å²) in [5, 5.41) is 97.8. The van der Waals surface area contributed by atoms with E-state index in [1.807, 2.05) is 0 Å². The van der Waals surface area contributed by atoms with E-state index in [2.05, 4.69) is 20.9 Å². The quantitative estimate of drug-likeness (QED) is 0.0309. The number of hydrogen-bond donors (Lipinski definition) is 20. The van der Waals surface area contributed by atoms with Gasteiger partial charge in [-0.2, -0.15) is 81.5 Å². The van der Waals surface area contributed by atoms with Crippen molar-refractivity contribution < 1.29 is 223 Å². The first kappa shape index (κ1) is 78.0. The summed E-state index contributed by atoms with van der Waals surface area (Å²) in [5.74, 6) is -4.94. The van der Waals surface area contributed by atoms with E-state index in [9.17, 15) is 150 Å². The van der Waals surface area contributed by atoms with Crippen molar-refractivity contribution in [1.29, 1.82) is 0 Å². The molecule has 528 valence electrons. The maximum atomic E-state index is 12.9. The second-order valence-electron chi connectivity index (χ2n) is 18.5. The Morgan fingerprint density at radius 3 is 1.14 bits per heavy atom. The van der Waals surface area contributed by atoms with Gasteiger partial charge in [-0.15, -0.1) is 0 Å². The van der Waals surface area contributed by atoms with Crippen LogP contribution in [-0.2, 0) is 156 Å². The fourth-order valence-electron chi connectivity index (χ4n) is 8.80. The van der Waals surface area contributed by atoms with E-state index < -0.39 is 268 Å². The van der Waals surface area contributed by atoms with Gasteiger partial charge in [0.2, 0.25) is 0 Å². The number of aliphatic hydroxyl groups excluding tert-OH is 7. The Morgan fingerprint density at radius 1 is 0.333 bits per heavy atom. The van der Waals surface area contributed by atoms with Crippen LogP contribution >= 0.6 is 0 Å². The van der Waals surface area contributed by atoms with Crippen LogP contribution in [0.4, 0.5) is 0 Å². The molecular formula is C30H51N3O49S8. The highest BCUT2D eigenvalue weighted by Gasteiger charge is 2.61. The van der Waals surface area contributed by atoms with Crippen molar-refractivity contribution in [2.45, 2.75) is 153 Å². The molecule has 0 aromatic carbocycles. The molecule has 0 aliphatic carbocycles.